The van der Waals surface area contributed by atoms with Gasteiger partial charge in [0.2, 0.25) is 0 Å². The Balaban J connectivity index is 1.24. The summed E-state index contributed by atoms with van der Waals surface area (Å²) in [6.45, 7) is 1.90. The third-order valence-corrected chi connectivity index (χ3v) is 7.22. The molecule has 1 aliphatic carbocycles. The van der Waals surface area contributed by atoms with Crippen LogP contribution < -0.4 is 15.5 Å². The van der Waals surface area contributed by atoms with E-state index in [2.05, 4.69) is 31.7 Å². The molecule has 3 atom stereocenters. The van der Waals surface area contributed by atoms with Crippen molar-refractivity contribution >= 4 is 11.5 Å². The smallest absolute Gasteiger partial charge is 0.370 e. The third-order valence-electron chi connectivity index (χ3n) is 7.22. The van der Waals surface area contributed by atoms with E-state index in [1.54, 1.807) is 18.3 Å². The van der Waals surface area contributed by atoms with Crippen LogP contribution in [0.25, 0.3) is 5.69 Å². The van der Waals surface area contributed by atoms with Crippen LogP contribution in [-0.2, 0) is 6.18 Å². The van der Waals surface area contributed by atoms with Gasteiger partial charge in [-0.2, -0.15) is 23.5 Å². The van der Waals surface area contributed by atoms with E-state index >= 15 is 0 Å². The predicted octanol–water partition coefficient (Wildman–Crippen LogP) is 5.14. The molecule has 2 fully saturated rings. The Kier molecular flexibility index (Phi) is 7.33. The molecule has 0 unspecified atom stereocenters. The normalized spacial score (nSPS) is 22.4. The minimum Gasteiger partial charge on any atom is -0.370 e. The first-order valence-corrected chi connectivity index (χ1v) is 12.8. The lowest BCUT2D eigenvalue weighted by Gasteiger charge is -2.40. The standard InChI is InChI=1S/C27H30F3N7/c28-27(29,30)25-12-15-37(35-25)22-11-13-32-26(16-22)34-24-6-2-1-5-23(24)33-20-4-3-14-36(18-20)21-9-7-19(17-31)8-10-21/h7-13,15-16,20,23-24,33H,1-6,14,18H2,(H,32,34)/t20-,23+,24+/m0/s1. The summed E-state index contributed by atoms with van der Waals surface area (Å²) in [5.74, 6) is 0.628. The zero-order valence-electron chi connectivity index (χ0n) is 20.5. The van der Waals surface area contributed by atoms with Gasteiger partial charge in [-0.1, -0.05) is 12.8 Å². The van der Waals surface area contributed by atoms with Gasteiger partial charge in [0.1, 0.15) is 5.82 Å². The summed E-state index contributed by atoms with van der Waals surface area (Å²) < 4.78 is 40.1. The maximum atomic E-state index is 13.0. The lowest BCUT2D eigenvalue weighted by molar-refractivity contribution is -0.141. The first kappa shape index (κ1) is 25.1. The minimum atomic E-state index is -4.48. The van der Waals surface area contributed by atoms with Crippen molar-refractivity contribution in [2.45, 2.75) is 62.8 Å². The predicted molar refractivity (Wildman–Crippen MR) is 136 cm³/mol. The van der Waals surface area contributed by atoms with Crippen molar-refractivity contribution in [3.63, 3.8) is 0 Å². The second-order valence-electron chi connectivity index (χ2n) is 9.79. The molecule has 0 spiro atoms. The van der Waals surface area contributed by atoms with Crippen LogP contribution in [0.1, 0.15) is 49.8 Å². The summed E-state index contributed by atoms with van der Waals surface area (Å²) in [5.41, 5.74) is 1.41. The average molecular weight is 510 g/mol. The molecule has 1 aromatic carbocycles. The molecule has 10 heteroatoms. The Morgan fingerprint density at radius 3 is 2.46 bits per heavy atom. The third kappa shape index (κ3) is 6.05. The molecule has 1 aliphatic heterocycles. The van der Waals surface area contributed by atoms with Crippen LogP contribution in [0.2, 0.25) is 0 Å². The summed E-state index contributed by atoms with van der Waals surface area (Å²) in [4.78, 5) is 6.80. The fraction of sp³-hybridized carbons (Fsp3) is 0.444. The van der Waals surface area contributed by atoms with Gasteiger partial charge in [0.05, 0.1) is 17.3 Å². The maximum absolute atomic E-state index is 13.0. The maximum Gasteiger partial charge on any atom is 0.435 e. The van der Waals surface area contributed by atoms with Crippen molar-refractivity contribution in [2.24, 2.45) is 0 Å². The van der Waals surface area contributed by atoms with Crippen LogP contribution in [0, 0.1) is 11.3 Å². The van der Waals surface area contributed by atoms with E-state index in [0.29, 0.717) is 23.1 Å². The zero-order chi connectivity index (χ0) is 25.8. The van der Waals surface area contributed by atoms with Crippen molar-refractivity contribution in [1.82, 2.24) is 20.1 Å². The van der Waals surface area contributed by atoms with E-state index in [1.165, 1.54) is 10.9 Å². The van der Waals surface area contributed by atoms with Crippen molar-refractivity contribution in [1.29, 1.82) is 5.26 Å². The van der Waals surface area contributed by atoms with Crippen LogP contribution >= 0.6 is 0 Å². The van der Waals surface area contributed by atoms with Gasteiger partial charge in [-0.25, -0.2) is 9.67 Å². The molecule has 0 amide bonds. The van der Waals surface area contributed by atoms with Crippen molar-refractivity contribution in [2.75, 3.05) is 23.3 Å². The Labute approximate surface area is 214 Å². The molecule has 7 nitrogen and oxygen atoms in total. The molecule has 5 rings (SSSR count). The molecule has 2 N–H and O–H groups in total. The second-order valence-corrected chi connectivity index (χ2v) is 9.79. The first-order chi connectivity index (χ1) is 17.9. The SMILES string of the molecule is N#Cc1ccc(N2CCC[C@H](N[C@@H]3CCCC[C@H]3Nc3cc(-n4ccc(C(F)(F)F)n4)ccn3)C2)cc1. The number of benzene rings is 1. The Bertz CT molecular complexity index is 1230. The number of nitrogens with zero attached hydrogens (tertiary/aromatic N) is 5. The molecular formula is C27H30F3N7. The first-order valence-electron chi connectivity index (χ1n) is 12.8. The van der Waals surface area contributed by atoms with E-state index in [1.807, 2.05) is 24.3 Å². The molecule has 3 heterocycles. The van der Waals surface area contributed by atoms with Crippen LogP contribution in [0.3, 0.4) is 0 Å². The molecule has 0 bridgehead atoms. The summed E-state index contributed by atoms with van der Waals surface area (Å²) in [7, 11) is 0. The van der Waals surface area contributed by atoms with E-state index in [4.69, 9.17) is 5.26 Å². The Morgan fingerprint density at radius 2 is 1.73 bits per heavy atom. The fourth-order valence-electron chi connectivity index (χ4n) is 5.35. The molecule has 2 aliphatic rings. The van der Waals surface area contributed by atoms with E-state index in [9.17, 15) is 13.2 Å². The van der Waals surface area contributed by atoms with Gasteiger partial charge in [0, 0.05) is 55.4 Å². The Morgan fingerprint density at radius 1 is 0.946 bits per heavy atom. The largest absolute Gasteiger partial charge is 0.435 e. The molecule has 37 heavy (non-hydrogen) atoms. The van der Waals surface area contributed by atoms with Crippen LogP contribution in [-0.4, -0.2) is 46.0 Å². The van der Waals surface area contributed by atoms with Gasteiger partial charge in [0.15, 0.2) is 5.69 Å². The number of rotatable bonds is 6. The van der Waals surface area contributed by atoms with E-state index in [-0.39, 0.29) is 12.1 Å². The highest BCUT2D eigenvalue weighted by Crippen LogP contribution is 2.29. The molecule has 0 radical (unpaired) electrons. The highest BCUT2D eigenvalue weighted by molar-refractivity contribution is 5.50. The van der Waals surface area contributed by atoms with Crippen LogP contribution in [0.15, 0.2) is 54.9 Å². The van der Waals surface area contributed by atoms with Crippen molar-refractivity contribution in [3.8, 4) is 11.8 Å². The number of anilines is 2. The van der Waals surface area contributed by atoms with Gasteiger partial charge in [0.25, 0.3) is 0 Å². The van der Waals surface area contributed by atoms with Crippen LogP contribution in [0.4, 0.5) is 24.7 Å². The van der Waals surface area contributed by atoms with Gasteiger partial charge in [-0.05, 0) is 62.1 Å². The zero-order valence-corrected chi connectivity index (χ0v) is 20.5. The molecule has 3 aromatic rings. The number of hydrogen-bond acceptors (Lipinski definition) is 6. The Hall–Kier alpha value is -3.58. The number of nitriles is 1. The van der Waals surface area contributed by atoms with Crippen molar-refractivity contribution in [3.05, 3.63) is 66.1 Å². The molecule has 2 aromatic heterocycles. The lowest BCUT2D eigenvalue weighted by atomic mass is 9.89. The number of pyridine rings is 1. The number of halogens is 3. The van der Waals surface area contributed by atoms with Crippen molar-refractivity contribution < 1.29 is 13.2 Å². The van der Waals surface area contributed by atoms with Gasteiger partial charge < -0.3 is 15.5 Å². The molecule has 194 valence electrons. The minimum absolute atomic E-state index is 0.171. The lowest BCUT2D eigenvalue weighted by Crippen LogP contribution is -2.55. The average Bonchev–Trinajstić information content (AvgIpc) is 3.42. The number of aromatic nitrogens is 3. The monoisotopic (exact) mass is 509 g/mol. The summed E-state index contributed by atoms with van der Waals surface area (Å²) >= 11 is 0. The molecule has 1 saturated carbocycles. The van der Waals surface area contributed by atoms with Gasteiger partial charge >= 0.3 is 6.18 Å². The van der Waals surface area contributed by atoms with Crippen LogP contribution in [0.5, 0.6) is 0 Å². The quantitative estimate of drug-likeness (QED) is 0.479. The number of hydrogen-bond donors (Lipinski definition) is 2. The highest BCUT2D eigenvalue weighted by Gasteiger charge is 2.34. The second kappa shape index (κ2) is 10.8. The summed E-state index contributed by atoms with van der Waals surface area (Å²) in [6, 6.07) is 15.1. The number of nitrogens with one attached hydrogen (secondary N) is 2. The number of alkyl halides is 3. The fourth-order valence-corrected chi connectivity index (χ4v) is 5.35. The highest BCUT2D eigenvalue weighted by atomic mass is 19.4. The summed E-state index contributed by atoms with van der Waals surface area (Å²) in [6.07, 6.45) is 4.95. The summed E-state index contributed by atoms with van der Waals surface area (Å²) in [5, 5.41) is 20.2. The molecule has 1 saturated heterocycles. The topological polar surface area (TPSA) is 81.8 Å². The van der Waals surface area contributed by atoms with E-state index in [0.717, 1.165) is 63.4 Å². The molecular weight excluding hydrogens is 479 g/mol. The van der Waals surface area contributed by atoms with E-state index < -0.39 is 11.9 Å². The van der Waals surface area contributed by atoms with Gasteiger partial charge in [-0.3, -0.25) is 0 Å². The number of piperidine rings is 1. The van der Waals surface area contributed by atoms with Gasteiger partial charge in [-0.15, -0.1) is 0 Å².